The summed E-state index contributed by atoms with van der Waals surface area (Å²) in [4.78, 5) is 0. The largest absolute Gasteiger partial charge is 0.393 e. The molecule has 2 heterocycles. The minimum Gasteiger partial charge on any atom is -0.393 e. The highest BCUT2D eigenvalue weighted by Crippen LogP contribution is 2.33. The van der Waals surface area contributed by atoms with Gasteiger partial charge in [-0.3, -0.25) is 0 Å². The number of thiophene rings is 1. The van der Waals surface area contributed by atoms with Gasteiger partial charge in [0.2, 0.25) is 0 Å². The van der Waals surface area contributed by atoms with Crippen LogP contribution in [0.2, 0.25) is 4.34 Å². The molecule has 1 N–H and O–H groups in total. The fraction of sp³-hybridized carbons (Fsp3) is 0.667. The van der Waals surface area contributed by atoms with Crippen LogP contribution >= 0.6 is 22.9 Å². The predicted octanol–water partition coefficient (Wildman–Crippen LogP) is 2.49. The summed E-state index contributed by atoms with van der Waals surface area (Å²) in [5.74, 6) is 0.195. The number of aliphatic hydroxyl groups excluding tert-OH is 1. The predicted molar refractivity (Wildman–Crippen MR) is 77.2 cm³/mol. The number of rotatable bonds is 3. The zero-order chi connectivity index (χ0) is 14.2. The Hall–Kier alpha value is -0.140. The van der Waals surface area contributed by atoms with E-state index < -0.39 is 10.0 Å². The molecule has 1 unspecified atom stereocenters. The van der Waals surface area contributed by atoms with Crippen molar-refractivity contribution in [2.75, 3.05) is 13.1 Å². The number of nitrogens with zero attached hydrogens (tertiary/aromatic N) is 1. The summed E-state index contributed by atoms with van der Waals surface area (Å²) in [7, 11) is -3.43. The first-order valence-corrected chi connectivity index (χ1v) is 8.90. The quantitative estimate of drug-likeness (QED) is 0.929. The van der Waals surface area contributed by atoms with E-state index in [1.54, 1.807) is 19.9 Å². The molecule has 0 bridgehead atoms. The van der Waals surface area contributed by atoms with E-state index in [1.165, 1.54) is 4.31 Å². The first kappa shape index (κ1) is 15.3. The first-order valence-electron chi connectivity index (χ1n) is 6.26. The Balaban J connectivity index is 2.14. The molecule has 7 heteroatoms. The smallest absolute Gasteiger partial charge is 0.252 e. The van der Waals surface area contributed by atoms with Gasteiger partial charge in [0.05, 0.1) is 10.4 Å². The van der Waals surface area contributed by atoms with Crippen LogP contribution in [0.3, 0.4) is 0 Å². The third kappa shape index (κ3) is 3.13. The molecule has 1 fully saturated rings. The molecule has 0 saturated carbocycles. The van der Waals surface area contributed by atoms with E-state index in [0.29, 0.717) is 34.5 Å². The van der Waals surface area contributed by atoms with Gasteiger partial charge in [-0.05, 0) is 44.2 Å². The van der Waals surface area contributed by atoms with Crippen LogP contribution < -0.4 is 0 Å². The fourth-order valence-corrected chi connectivity index (χ4v) is 5.62. The van der Waals surface area contributed by atoms with Gasteiger partial charge in [0.25, 0.3) is 10.0 Å². The van der Waals surface area contributed by atoms with Crippen LogP contribution in [0.4, 0.5) is 0 Å². The molecule has 0 amide bonds. The van der Waals surface area contributed by atoms with Crippen molar-refractivity contribution in [3.8, 4) is 0 Å². The normalized spacial score (nSPS) is 20.6. The zero-order valence-electron chi connectivity index (χ0n) is 11.0. The number of aryl methyl sites for hydroxylation is 1. The molecule has 1 aromatic rings. The first-order chi connectivity index (χ1) is 8.82. The highest BCUT2D eigenvalue weighted by Gasteiger charge is 2.32. The Kier molecular flexibility index (Phi) is 4.57. The molecule has 0 aromatic carbocycles. The van der Waals surface area contributed by atoms with E-state index in [9.17, 15) is 13.5 Å². The number of sulfonamides is 1. The Bertz CT molecular complexity index is 526. The topological polar surface area (TPSA) is 57.6 Å². The lowest BCUT2D eigenvalue weighted by Gasteiger charge is -2.32. The number of aliphatic hydroxyl groups is 1. The average molecular weight is 324 g/mol. The molecular weight excluding hydrogens is 306 g/mol. The van der Waals surface area contributed by atoms with Gasteiger partial charge in [0.15, 0.2) is 0 Å². The summed E-state index contributed by atoms with van der Waals surface area (Å²) in [5.41, 5.74) is 0.795. The molecule has 1 atom stereocenters. The molecule has 4 nitrogen and oxygen atoms in total. The molecule has 1 aromatic heterocycles. The molecule has 19 heavy (non-hydrogen) atoms. The van der Waals surface area contributed by atoms with Crippen molar-refractivity contribution in [1.29, 1.82) is 0 Å². The maximum absolute atomic E-state index is 12.4. The number of hydrogen-bond donors (Lipinski definition) is 1. The van der Waals surface area contributed by atoms with Crippen LogP contribution in [0.5, 0.6) is 0 Å². The summed E-state index contributed by atoms with van der Waals surface area (Å²) in [6, 6.07) is 1.63. The summed E-state index contributed by atoms with van der Waals surface area (Å²) >= 11 is 7.05. The highest BCUT2D eigenvalue weighted by molar-refractivity contribution is 7.91. The van der Waals surface area contributed by atoms with Crippen molar-refractivity contribution >= 4 is 33.0 Å². The van der Waals surface area contributed by atoms with Crippen molar-refractivity contribution < 1.29 is 13.5 Å². The van der Waals surface area contributed by atoms with E-state index in [-0.39, 0.29) is 12.0 Å². The second-order valence-electron chi connectivity index (χ2n) is 5.00. The zero-order valence-corrected chi connectivity index (χ0v) is 13.4. The SMILES string of the molecule is Cc1cc(S(=O)(=O)N2CCC(C(C)O)CC2)sc1Cl. The molecular formula is C12H18ClNO3S2. The molecule has 1 saturated heterocycles. The van der Waals surface area contributed by atoms with Crippen LogP contribution in [0, 0.1) is 12.8 Å². The van der Waals surface area contributed by atoms with E-state index >= 15 is 0 Å². The maximum atomic E-state index is 12.4. The lowest BCUT2D eigenvalue weighted by molar-refractivity contribution is 0.0912. The van der Waals surface area contributed by atoms with Crippen LogP contribution in [-0.4, -0.2) is 37.0 Å². The number of hydrogen-bond acceptors (Lipinski definition) is 4. The molecule has 1 aliphatic rings. The lowest BCUT2D eigenvalue weighted by Crippen LogP contribution is -2.40. The van der Waals surface area contributed by atoms with E-state index in [1.807, 2.05) is 0 Å². The molecule has 1 aliphatic heterocycles. The second-order valence-corrected chi connectivity index (χ2v) is 8.82. The van der Waals surface area contributed by atoms with E-state index in [4.69, 9.17) is 11.6 Å². The number of halogens is 1. The minimum absolute atomic E-state index is 0.195. The Morgan fingerprint density at radius 3 is 2.47 bits per heavy atom. The van der Waals surface area contributed by atoms with Crippen LogP contribution in [0.25, 0.3) is 0 Å². The van der Waals surface area contributed by atoms with Crippen molar-refractivity contribution in [2.45, 2.75) is 37.0 Å². The van der Waals surface area contributed by atoms with Gasteiger partial charge in [-0.2, -0.15) is 4.31 Å². The number of piperidine rings is 1. The molecule has 108 valence electrons. The molecule has 0 radical (unpaired) electrons. The van der Waals surface area contributed by atoms with Crippen molar-refractivity contribution in [2.24, 2.45) is 5.92 Å². The van der Waals surface area contributed by atoms with Crippen LogP contribution in [0.1, 0.15) is 25.3 Å². The van der Waals surface area contributed by atoms with Gasteiger partial charge in [-0.1, -0.05) is 11.6 Å². The third-order valence-corrected chi connectivity index (χ3v) is 7.51. The Labute approximate surface area is 123 Å². The van der Waals surface area contributed by atoms with Gasteiger partial charge in [-0.25, -0.2) is 8.42 Å². The van der Waals surface area contributed by atoms with Gasteiger partial charge >= 0.3 is 0 Å². The van der Waals surface area contributed by atoms with Gasteiger partial charge < -0.3 is 5.11 Å². The van der Waals surface area contributed by atoms with E-state index in [2.05, 4.69) is 0 Å². The highest BCUT2D eigenvalue weighted by atomic mass is 35.5. The maximum Gasteiger partial charge on any atom is 0.252 e. The lowest BCUT2D eigenvalue weighted by atomic mass is 9.93. The minimum atomic E-state index is -3.43. The molecule has 0 aliphatic carbocycles. The summed E-state index contributed by atoms with van der Waals surface area (Å²) < 4.78 is 27.2. The fourth-order valence-electron chi connectivity index (χ4n) is 2.28. The third-order valence-electron chi connectivity index (χ3n) is 3.61. The van der Waals surface area contributed by atoms with Crippen molar-refractivity contribution in [1.82, 2.24) is 4.31 Å². The van der Waals surface area contributed by atoms with Crippen molar-refractivity contribution in [3.05, 3.63) is 16.0 Å². The van der Waals surface area contributed by atoms with Crippen molar-refractivity contribution in [3.63, 3.8) is 0 Å². The summed E-state index contributed by atoms with van der Waals surface area (Å²) in [6.45, 7) is 4.49. The molecule has 2 rings (SSSR count). The van der Waals surface area contributed by atoms with Gasteiger partial charge in [-0.15, -0.1) is 11.3 Å². The second kappa shape index (κ2) is 5.69. The Morgan fingerprint density at radius 1 is 1.47 bits per heavy atom. The average Bonchev–Trinajstić information content (AvgIpc) is 2.70. The van der Waals surface area contributed by atoms with Gasteiger partial charge in [0, 0.05) is 13.1 Å². The summed E-state index contributed by atoms with van der Waals surface area (Å²) in [5, 5.41) is 9.54. The standard InChI is InChI=1S/C12H18ClNO3S2/c1-8-7-11(18-12(8)13)19(16,17)14-5-3-10(4-6-14)9(2)15/h7,9-10,15H,3-6H2,1-2H3. The van der Waals surface area contributed by atoms with E-state index in [0.717, 1.165) is 16.9 Å². The monoisotopic (exact) mass is 323 g/mol. The van der Waals surface area contributed by atoms with Crippen LogP contribution in [-0.2, 0) is 10.0 Å². The van der Waals surface area contributed by atoms with Crippen LogP contribution in [0.15, 0.2) is 10.3 Å². The van der Waals surface area contributed by atoms with Gasteiger partial charge in [0.1, 0.15) is 4.21 Å². The Morgan fingerprint density at radius 2 is 2.05 bits per heavy atom. The molecule has 0 spiro atoms. The summed E-state index contributed by atoms with van der Waals surface area (Å²) in [6.07, 6.45) is 1.03.